The first-order valence-electron chi connectivity index (χ1n) is 7.85. The topological polar surface area (TPSA) is 85.3 Å². The fourth-order valence-electron chi connectivity index (χ4n) is 3.16. The van der Waals surface area contributed by atoms with Crippen LogP contribution in [0.1, 0.15) is 21.8 Å². The van der Waals surface area contributed by atoms with Crippen LogP contribution in [0.25, 0.3) is 0 Å². The normalized spacial score (nSPS) is 20.9. The fraction of sp³-hybridized carbons (Fsp3) is 0.158. The number of hydrogen-bond donors (Lipinski definition) is 1. The molecule has 2 heterocycles. The molecule has 7 heteroatoms. The van der Waals surface area contributed by atoms with Crippen LogP contribution in [0, 0.1) is 11.3 Å². The van der Waals surface area contributed by atoms with Gasteiger partial charge in [-0.1, -0.05) is 53.7 Å². The molecule has 0 fully saturated rings. The van der Waals surface area contributed by atoms with E-state index in [0.717, 1.165) is 0 Å². The van der Waals surface area contributed by atoms with Crippen molar-refractivity contribution in [1.29, 1.82) is 5.26 Å². The van der Waals surface area contributed by atoms with E-state index in [1.165, 1.54) is 11.8 Å². The lowest BCUT2D eigenvalue weighted by Gasteiger charge is -2.20. The van der Waals surface area contributed by atoms with Gasteiger partial charge >= 0.3 is 0 Å². The van der Waals surface area contributed by atoms with Gasteiger partial charge in [-0.2, -0.15) is 5.26 Å². The Balaban J connectivity index is 1.80. The van der Waals surface area contributed by atoms with E-state index in [9.17, 15) is 10.1 Å². The van der Waals surface area contributed by atoms with Gasteiger partial charge in [0, 0.05) is 22.6 Å². The van der Waals surface area contributed by atoms with Crippen LogP contribution in [0.2, 0.25) is 5.02 Å². The minimum atomic E-state index is -0.565. The molecule has 2 atom stereocenters. The Morgan fingerprint density at radius 2 is 1.92 bits per heavy atom. The van der Waals surface area contributed by atoms with Crippen LogP contribution in [0.5, 0.6) is 11.5 Å². The van der Waals surface area contributed by atoms with Gasteiger partial charge in [0.25, 0.3) is 0 Å². The first-order valence-corrected chi connectivity index (χ1v) is 9.10. The van der Waals surface area contributed by atoms with Crippen molar-refractivity contribution in [3.63, 3.8) is 0 Å². The molecular weight excluding hydrogens is 372 g/mol. The quantitative estimate of drug-likeness (QED) is 0.809. The first-order chi connectivity index (χ1) is 12.6. The summed E-state index contributed by atoms with van der Waals surface area (Å²) in [7, 11) is 0. The maximum atomic E-state index is 13.1. The summed E-state index contributed by atoms with van der Waals surface area (Å²) in [6.45, 7) is 0.115. The molecular formula is C19H13ClN2O3S. The summed E-state index contributed by atoms with van der Waals surface area (Å²) in [6.07, 6.45) is 0. The van der Waals surface area contributed by atoms with Crippen molar-refractivity contribution in [2.45, 2.75) is 11.2 Å². The van der Waals surface area contributed by atoms with Gasteiger partial charge in [-0.05, 0) is 11.6 Å². The molecule has 2 aliphatic heterocycles. The van der Waals surface area contributed by atoms with Crippen LogP contribution >= 0.6 is 23.4 Å². The monoisotopic (exact) mass is 384 g/mol. The van der Waals surface area contributed by atoms with Gasteiger partial charge in [-0.15, -0.1) is 0 Å². The number of nitrogens with zero attached hydrogens (tertiary/aromatic N) is 1. The van der Waals surface area contributed by atoms with Crippen LogP contribution in [0.4, 0.5) is 0 Å². The minimum Gasteiger partial charge on any atom is -0.454 e. The summed E-state index contributed by atoms with van der Waals surface area (Å²) < 4.78 is 10.8. The highest BCUT2D eigenvalue weighted by atomic mass is 35.5. The molecule has 26 heavy (non-hydrogen) atoms. The number of hydrogen-bond acceptors (Lipinski definition) is 6. The molecule has 0 saturated heterocycles. The lowest BCUT2D eigenvalue weighted by Crippen LogP contribution is -2.23. The number of Topliss-reactive ketones (excluding diaryl/α,β-unsaturated/α-hetero) is 1. The molecule has 4 rings (SSSR count). The van der Waals surface area contributed by atoms with Crippen molar-refractivity contribution < 1.29 is 14.3 Å². The predicted octanol–water partition coefficient (Wildman–Crippen LogP) is 3.84. The zero-order chi connectivity index (χ0) is 18.3. The molecule has 2 aliphatic rings. The van der Waals surface area contributed by atoms with E-state index in [1.54, 1.807) is 36.4 Å². The van der Waals surface area contributed by atoms with Crippen LogP contribution in [-0.2, 0) is 0 Å². The van der Waals surface area contributed by atoms with E-state index < -0.39 is 11.2 Å². The van der Waals surface area contributed by atoms with E-state index in [4.69, 9.17) is 26.8 Å². The maximum Gasteiger partial charge on any atom is 0.231 e. The van der Waals surface area contributed by atoms with Gasteiger partial charge in [0.05, 0.1) is 21.9 Å². The van der Waals surface area contributed by atoms with E-state index in [2.05, 4.69) is 6.07 Å². The molecule has 0 saturated carbocycles. The highest BCUT2D eigenvalue weighted by molar-refractivity contribution is 8.04. The van der Waals surface area contributed by atoms with Gasteiger partial charge in [-0.3, -0.25) is 4.79 Å². The summed E-state index contributed by atoms with van der Waals surface area (Å²) in [5.41, 5.74) is 7.61. The lowest BCUT2D eigenvalue weighted by atomic mass is 9.85. The second-order valence-corrected chi connectivity index (χ2v) is 7.45. The van der Waals surface area contributed by atoms with Crippen molar-refractivity contribution in [3.05, 3.63) is 69.2 Å². The average molecular weight is 385 g/mol. The second kappa shape index (κ2) is 6.60. The molecule has 5 nitrogen and oxygen atoms in total. The lowest BCUT2D eigenvalue weighted by molar-refractivity contribution is 0.0985. The Bertz CT molecular complexity index is 969. The highest BCUT2D eigenvalue weighted by Gasteiger charge is 2.42. The smallest absolute Gasteiger partial charge is 0.231 e. The number of carbonyl (C=O) groups excluding carboxylic acids is 1. The Labute approximate surface area is 159 Å². The number of fused-ring (bicyclic) bond motifs is 1. The van der Waals surface area contributed by atoms with Gasteiger partial charge < -0.3 is 15.2 Å². The third-order valence-electron chi connectivity index (χ3n) is 4.40. The number of nitriles is 1. The Morgan fingerprint density at radius 1 is 1.23 bits per heavy atom. The van der Waals surface area contributed by atoms with Crippen LogP contribution < -0.4 is 15.2 Å². The number of carbonyl (C=O) groups is 1. The average Bonchev–Trinajstić information content (AvgIpc) is 3.24. The summed E-state index contributed by atoms with van der Waals surface area (Å²) >= 11 is 7.65. The largest absolute Gasteiger partial charge is 0.454 e. The van der Waals surface area contributed by atoms with Crippen molar-refractivity contribution >= 4 is 29.1 Å². The first kappa shape index (κ1) is 16.8. The Hall–Kier alpha value is -2.62. The van der Waals surface area contributed by atoms with Gasteiger partial charge in [-0.25, -0.2) is 0 Å². The number of ether oxygens (including phenoxy) is 2. The Kier molecular flexibility index (Phi) is 4.27. The van der Waals surface area contributed by atoms with Crippen LogP contribution in [0.15, 0.2) is 53.1 Å². The Morgan fingerprint density at radius 3 is 2.62 bits per heavy atom. The number of halogens is 1. The molecule has 0 aliphatic carbocycles. The third-order valence-corrected chi connectivity index (χ3v) is 5.94. The van der Waals surface area contributed by atoms with Crippen LogP contribution in [0.3, 0.4) is 0 Å². The van der Waals surface area contributed by atoms with Crippen LogP contribution in [-0.4, -0.2) is 17.8 Å². The molecule has 0 bridgehead atoms. The molecule has 2 unspecified atom stereocenters. The van der Waals surface area contributed by atoms with Gasteiger partial charge in [0.15, 0.2) is 17.3 Å². The van der Waals surface area contributed by atoms with Crippen molar-refractivity contribution in [2.24, 2.45) is 5.73 Å². The fourth-order valence-corrected chi connectivity index (χ4v) is 4.67. The number of nitrogens with two attached hydrogens (primary N) is 1. The second-order valence-electron chi connectivity index (χ2n) is 5.86. The maximum absolute atomic E-state index is 13.1. The third kappa shape index (κ3) is 2.70. The zero-order valence-electron chi connectivity index (χ0n) is 13.4. The number of benzene rings is 2. The molecule has 0 spiro atoms. The van der Waals surface area contributed by atoms with Gasteiger partial charge in [0.2, 0.25) is 6.79 Å². The minimum absolute atomic E-state index is 0.0949. The molecule has 2 aromatic carbocycles. The number of thioether (sulfide) groups is 1. The summed E-state index contributed by atoms with van der Waals surface area (Å²) in [5.74, 6) is 0.455. The summed E-state index contributed by atoms with van der Waals surface area (Å²) in [6, 6.07) is 14.5. The standard InChI is InChI=1S/C19H13ClN2O3S/c20-13-7-15-14(24-9-25-15)6-11(13)16-12(8-21)19(22)26-18(16)17(23)10-4-2-1-3-5-10/h1-7,16,18H,9,22H2. The van der Waals surface area contributed by atoms with Gasteiger partial charge in [0.1, 0.15) is 0 Å². The molecule has 2 N–H and O–H groups in total. The van der Waals surface area contributed by atoms with Crippen molar-refractivity contribution in [3.8, 4) is 17.6 Å². The summed E-state index contributed by atoms with van der Waals surface area (Å²) in [4.78, 5) is 13.1. The van der Waals surface area contributed by atoms with E-state index in [0.29, 0.717) is 38.3 Å². The molecule has 0 radical (unpaired) electrons. The highest BCUT2D eigenvalue weighted by Crippen LogP contribution is 2.50. The SMILES string of the molecule is N#CC1=C(N)SC(C(=O)c2ccccc2)C1c1cc2c(cc1Cl)OCO2. The number of ketones is 1. The van der Waals surface area contributed by atoms with Crippen molar-refractivity contribution in [1.82, 2.24) is 0 Å². The molecule has 0 aromatic heterocycles. The summed E-state index contributed by atoms with van der Waals surface area (Å²) in [5, 5.41) is 9.80. The number of rotatable bonds is 3. The molecule has 130 valence electrons. The predicted molar refractivity (Wildman–Crippen MR) is 99.3 cm³/mol. The molecule has 2 aromatic rings. The zero-order valence-corrected chi connectivity index (χ0v) is 15.0. The van der Waals surface area contributed by atoms with E-state index in [1.807, 2.05) is 6.07 Å². The number of allylic oxidation sites excluding steroid dienone is 1. The van der Waals surface area contributed by atoms with Crippen molar-refractivity contribution in [2.75, 3.05) is 6.79 Å². The van der Waals surface area contributed by atoms with E-state index >= 15 is 0 Å². The molecule has 0 amide bonds. The van der Waals surface area contributed by atoms with E-state index in [-0.39, 0.29) is 12.6 Å².